The fraction of sp³-hybridized carbons (Fsp3) is 0.250. The van der Waals surface area contributed by atoms with Crippen molar-refractivity contribution >= 4 is 37.5 Å². The second kappa shape index (κ2) is 7.82. The van der Waals surface area contributed by atoms with Gasteiger partial charge in [-0.25, -0.2) is 0 Å². The second-order valence-electron chi connectivity index (χ2n) is 4.51. The number of rotatable bonds is 6. The Morgan fingerprint density at radius 2 is 1.86 bits per heavy atom. The first-order valence-electron chi connectivity index (χ1n) is 6.48. The highest BCUT2D eigenvalue weighted by Crippen LogP contribution is 2.28. The molecule has 2 rings (SSSR count). The van der Waals surface area contributed by atoms with Crippen LogP contribution >= 0.6 is 31.9 Å². The van der Waals surface area contributed by atoms with Crippen molar-refractivity contribution in [3.63, 3.8) is 0 Å². The van der Waals surface area contributed by atoms with Crippen LogP contribution < -0.4 is 10.1 Å². The lowest BCUT2D eigenvalue weighted by Crippen LogP contribution is -2.04. The summed E-state index contributed by atoms with van der Waals surface area (Å²) < 4.78 is 12.6. The van der Waals surface area contributed by atoms with Crippen molar-refractivity contribution in [2.24, 2.45) is 0 Å². The molecule has 0 heterocycles. The molecule has 0 radical (unpaired) electrons. The molecule has 0 amide bonds. The Kier molecular flexibility index (Phi) is 6.08. The molecular formula is C16H17Br2NO2. The Hall–Kier alpha value is -1.04. The zero-order chi connectivity index (χ0) is 15.2. The smallest absolute Gasteiger partial charge is 0.119 e. The van der Waals surface area contributed by atoms with Crippen LogP contribution in [0.2, 0.25) is 0 Å². The molecule has 0 spiro atoms. The summed E-state index contributed by atoms with van der Waals surface area (Å²) in [6.07, 6.45) is 0. The molecule has 0 atom stereocenters. The van der Waals surface area contributed by atoms with Crippen molar-refractivity contribution in [3.05, 3.63) is 56.5 Å². The van der Waals surface area contributed by atoms with Crippen LogP contribution in [0.1, 0.15) is 11.1 Å². The van der Waals surface area contributed by atoms with Crippen molar-refractivity contribution < 1.29 is 9.47 Å². The van der Waals surface area contributed by atoms with Crippen LogP contribution in [0.5, 0.6) is 5.75 Å². The number of hydrogen-bond acceptors (Lipinski definition) is 3. The van der Waals surface area contributed by atoms with E-state index in [1.54, 1.807) is 14.2 Å². The molecule has 5 heteroatoms. The van der Waals surface area contributed by atoms with Gasteiger partial charge in [0, 0.05) is 33.9 Å². The minimum absolute atomic E-state index is 0.559. The van der Waals surface area contributed by atoms with E-state index in [1.807, 2.05) is 36.4 Å². The topological polar surface area (TPSA) is 30.5 Å². The maximum atomic E-state index is 5.27. The average molecular weight is 415 g/mol. The van der Waals surface area contributed by atoms with Gasteiger partial charge in [0.25, 0.3) is 0 Å². The summed E-state index contributed by atoms with van der Waals surface area (Å²) in [6.45, 7) is 1.26. The predicted molar refractivity (Wildman–Crippen MR) is 92.9 cm³/mol. The lowest BCUT2D eigenvalue weighted by atomic mass is 10.1. The van der Waals surface area contributed by atoms with Crippen LogP contribution in [0.4, 0.5) is 5.69 Å². The van der Waals surface area contributed by atoms with Gasteiger partial charge in [-0.1, -0.05) is 37.9 Å². The number of benzene rings is 2. The van der Waals surface area contributed by atoms with Gasteiger partial charge in [0.1, 0.15) is 5.75 Å². The SMILES string of the molecule is COCc1c(Br)cccc1NCc1cc(OC)ccc1Br. The first kappa shape index (κ1) is 16.3. The molecule has 21 heavy (non-hydrogen) atoms. The molecule has 0 aliphatic carbocycles. The molecule has 0 bridgehead atoms. The number of anilines is 1. The molecule has 0 saturated carbocycles. The van der Waals surface area contributed by atoms with E-state index in [1.165, 1.54) is 0 Å². The van der Waals surface area contributed by atoms with E-state index in [-0.39, 0.29) is 0 Å². The van der Waals surface area contributed by atoms with Gasteiger partial charge in [0.2, 0.25) is 0 Å². The van der Waals surface area contributed by atoms with Crippen LogP contribution in [0.15, 0.2) is 45.3 Å². The fourth-order valence-corrected chi connectivity index (χ4v) is 2.89. The fourth-order valence-electron chi connectivity index (χ4n) is 2.02. The maximum Gasteiger partial charge on any atom is 0.119 e. The van der Waals surface area contributed by atoms with E-state index in [0.29, 0.717) is 13.2 Å². The number of methoxy groups -OCH3 is 2. The molecule has 0 fully saturated rings. The summed E-state index contributed by atoms with van der Waals surface area (Å²) in [5.41, 5.74) is 3.30. The van der Waals surface area contributed by atoms with Gasteiger partial charge in [-0.15, -0.1) is 0 Å². The van der Waals surface area contributed by atoms with Crippen LogP contribution in [-0.2, 0) is 17.9 Å². The third kappa shape index (κ3) is 4.22. The number of halogens is 2. The maximum absolute atomic E-state index is 5.27. The number of ether oxygens (including phenoxy) is 2. The van der Waals surface area contributed by atoms with Gasteiger partial charge in [-0.3, -0.25) is 0 Å². The average Bonchev–Trinajstić information content (AvgIpc) is 2.49. The summed E-state index contributed by atoms with van der Waals surface area (Å²) in [5, 5.41) is 3.45. The quantitative estimate of drug-likeness (QED) is 0.722. The summed E-state index contributed by atoms with van der Waals surface area (Å²) in [5.74, 6) is 0.848. The minimum atomic E-state index is 0.559. The third-order valence-corrected chi connectivity index (χ3v) is 4.65. The molecule has 112 valence electrons. The lowest BCUT2D eigenvalue weighted by Gasteiger charge is -2.14. The van der Waals surface area contributed by atoms with Crippen molar-refractivity contribution in [1.29, 1.82) is 0 Å². The van der Waals surface area contributed by atoms with E-state index in [0.717, 1.165) is 31.5 Å². The summed E-state index contributed by atoms with van der Waals surface area (Å²) in [4.78, 5) is 0. The van der Waals surface area contributed by atoms with Crippen molar-refractivity contribution in [3.8, 4) is 5.75 Å². The van der Waals surface area contributed by atoms with Crippen LogP contribution in [0.25, 0.3) is 0 Å². The van der Waals surface area contributed by atoms with Crippen LogP contribution in [-0.4, -0.2) is 14.2 Å². The Morgan fingerprint density at radius 1 is 1.05 bits per heavy atom. The van der Waals surface area contributed by atoms with Gasteiger partial charge in [0.05, 0.1) is 13.7 Å². The van der Waals surface area contributed by atoms with Crippen LogP contribution in [0, 0.1) is 0 Å². The Morgan fingerprint density at radius 3 is 2.57 bits per heavy atom. The molecular weight excluding hydrogens is 398 g/mol. The minimum Gasteiger partial charge on any atom is -0.497 e. The van der Waals surface area contributed by atoms with Crippen molar-refractivity contribution in [2.45, 2.75) is 13.2 Å². The Labute approximate surface area is 141 Å². The monoisotopic (exact) mass is 413 g/mol. The summed E-state index contributed by atoms with van der Waals surface area (Å²) in [7, 11) is 3.37. The molecule has 3 nitrogen and oxygen atoms in total. The normalized spacial score (nSPS) is 10.5. The Balaban J connectivity index is 2.18. The highest BCUT2D eigenvalue weighted by molar-refractivity contribution is 9.10. The number of nitrogens with one attached hydrogen (secondary N) is 1. The Bertz CT molecular complexity index is 617. The summed E-state index contributed by atoms with van der Waals surface area (Å²) >= 11 is 7.13. The van der Waals surface area contributed by atoms with Gasteiger partial charge in [-0.2, -0.15) is 0 Å². The van der Waals surface area contributed by atoms with E-state index in [2.05, 4.69) is 37.2 Å². The molecule has 2 aromatic carbocycles. The molecule has 1 N–H and O–H groups in total. The van der Waals surface area contributed by atoms with E-state index in [4.69, 9.17) is 9.47 Å². The zero-order valence-corrected chi connectivity index (χ0v) is 15.1. The molecule has 0 saturated heterocycles. The van der Waals surface area contributed by atoms with E-state index < -0.39 is 0 Å². The van der Waals surface area contributed by atoms with Crippen molar-refractivity contribution in [1.82, 2.24) is 0 Å². The molecule has 0 aromatic heterocycles. The van der Waals surface area contributed by atoms with Crippen molar-refractivity contribution in [2.75, 3.05) is 19.5 Å². The molecule has 0 aliphatic rings. The van der Waals surface area contributed by atoms with Gasteiger partial charge < -0.3 is 14.8 Å². The van der Waals surface area contributed by atoms with Gasteiger partial charge in [0.15, 0.2) is 0 Å². The molecule has 0 unspecified atom stereocenters. The summed E-state index contributed by atoms with van der Waals surface area (Å²) in [6, 6.07) is 12.0. The van der Waals surface area contributed by atoms with Gasteiger partial charge in [-0.05, 0) is 35.9 Å². The van der Waals surface area contributed by atoms with Gasteiger partial charge >= 0.3 is 0 Å². The first-order chi connectivity index (χ1) is 10.2. The molecule has 0 aliphatic heterocycles. The van der Waals surface area contributed by atoms with E-state index in [9.17, 15) is 0 Å². The number of hydrogen-bond donors (Lipinski definition) is 1. The standard InChI is InChI=1S/C16H17Br2NO2/c1-20-10-13-15(18)4-3-5-16(13)19-9-11-8-12(21-2)6-7-14(11)17/h3-8,19H,9-10H2,1-2H3. The zero-order valence-electron chi connectivity index (χ0n) is 12.0. The highest BCUT2D eigenvalue weighted by atomic mass is 79.9. The van der Waals surface area contributed by atoms with E-state index >= 15 is 0 Å². The molecule has 2 aromatic rings. The second-order valence-corrected chi connectivity index (χ2v) is 6.22. The first-order valence-corrected chi connectivity index (χ1v) is 8.07. The largest absolute Gasteiger partial charge is 0.497 e. The third-order valence-electron chi connectivity index (χ3n) is 3.13. The predicted octanol–water partition coefficient (Wildman–Crippen LogP) is 4.98. The highest BCUT2D eigenvalue weighted by Gasteiger charge is 2.08. The lowest BCUT2D eigenvalue weighted by molar-refractivity contribution is 0.185. The van der Waals surface area contributed by atoms with Crippen LogP contribution in [0.3, 0.4) is 0 Å².